The molecule has 1 nitrogen and oxygen atoms in total. The lowest BCUT2D eigenvalue weighted by Crippen LogP contribution is -2.20. The second kappa shape index (κ2) is 5.67. The van der Waals surface area contributed by atoms with Gasteiger partial charge in [-0.3, -0.25) is 0 Å². The lowest BCUT2D eigenvalue weighted by molar-refractivity contribution is 0.640. The average Bonchev–Trinajstić information content (AvgIpc) is 2.72. The zero-order chi connectivity index (χ0) is 12.3. The van der Waals surface area contributed by atoms with E-state index in [1.807, 2.05) is 29.5 Å². The second-order valence-electron chi connectivity index (χ2n) is 3.99. The molecule has 0 fully saturated rings. The molecule has 1 unspecified atom stereocenters. The van der Waals surface area contributed by atoms with E-state index in [4.69, 9.17) is 11.6 Å². The van der Waals surface area contributed by atoms with E-state index in [1.165, 1.54) is 15.3 Å². The minimum absolute atomic E-state index is 0.248. The smallest absolute Gasteiger partial charge is 0.0671 e. The number of hydrogen-bond acceptors (Lipinski definition) is 2. The van der Waals surface area contributed by atoms with Gasteiger partial charge in [-0.15, -0.1) is 11.3 Å². The summed E-state index contributed by atoms with van der Waals surface area (Å²) >= 11 is 7.89. The van der Waals surface area contributed by atoms with Crippen LogP contribution in [0.1, 0.15) is 28.3 Å². The summed E-state index contributed by atoms with van der Waals surface area (Å²) in [5.41, 5.74) is 1.22. The van der Waals surface area contributed by atoms with Crippen molar-refractivity contribution < 1.29 is 0 Å². The van der Waals surface area contributed by atoms with Crippen LogP contribution >= 0.6 is 22.9 Å². The lowest BCUT2D eigenvalue weighted by Gasteiger charge is -2.17. The molecule has 0 amide bonds. The summed E-state index contributed by atoms with van der Waals surface area (Å²) in [5.74, 6) is 0. The van der Waals surface area contributed by atoms with E-state index in [9.17, 15) is 0 Å². The Morgan fingerprint density at radius 1 is 1.29 bits per heavy atom. The first kappa shape index (κ1) is 12.6. The van der Waals surface area contributed by atoms with Gasteiger partial charge in [-0.1, -0.05) is 30.7 Å². The van der Waals surface area contributed by atoms with Crippen molar-refractivity contribution in [2.24, 2.45) is 0 Å². The van der Waals surface area contributed by atoms with Crippen LogP contribution in [0.5, 0.6) is 0 Å². The third-order valence-corrected chi connectivity index (χ3v) is 3.94. The van der Waals surface area contributed by atoms with Gasteiger partial charge in [-0.25, -0.2) is 0 Å². The van der Waals surface area contributed by atoms with Crippen molar-refractivity contribution in [1.29, 1.82) is 0 Å². The Balaban J connectivity index is 2.35. The van der Waals surface area contributed by atoms with Gasteiger partial charge in [0.1, 0.15) is 0 Å². The maximum Gasteiger partial charge on any atom is 0.0671 e. The predicted octanol–water partition coefficient (Wildman–Crippen LogP) is 4.41. The van der Waals surface area contributed by atoms with E-state index in [0.29, 0.717) is 0 Å². The molecule has 0 saturated heterocycles. The Labute approximate surface area is 111 Å². The first-order valence-electron chi connectivity index (χ1n) is 5.76. The van der Waals surface area contributed by atoms with Crippen LogP contribution in [0.25, 0.3) is 0 Å². The Morgan fingerprint density at radius 3 is 2.71 bits per heavy atom. The zero-order valence-electron chi connectivity index (χ0n) is 10.0. The first-order chi connectivity index (χ1) is 8.20. The fraction of sp³-hybridized carbons (Fsp3) is 0.286. The minimum atomic E-state index is 0.248. The Bertz CT molecular complexity index is 492. The second-order valence-corrected chi connectivity index (χ2v) is 5.75. The first-order valence-corrected chi connectivity index (χ1v) is 6.95. The van der Waals surface area contributed by atoms with Crippen molar-refractivity contribution in [3.63, 3.8) is 0 Å². The molecule has 2 aromatic rings. The highest BCUT2D eigenvalue weighted by atomic mass is 35.5. The van der Waals surface area contributed by atoms with E-state index in [1.54, 1.807) is 0 Å². The number of hydrogen-bond donors (Lipinski definition) is 1. The van der Waals surface area contributed by atoms with Crippen LogP contribution in [-0.2, 0) is 0 Å². The van der Waals surface area contributed by atoms with Gasteiger partial charge < -0.3 is 5.32 Å². The van der Waals surface area contributed by atoms with Crippen molar-refractivity contribution >= 4 is 22.9 Å². The fourth-order valence-electron chi connectivity index (χ4n) is 1.88. The van der Waals surface area contributed by atoms with Gasteiger partial charge >= 0.3 is 0 Å². The summed E-state index contributed by atoms with van der Waals surface area (Å²) in [7, 11) is 0. The molecule has 0 radical (unpaired) electrons. The van der Waals surface area contributed by atoms with Gasteiger partial charge in [0, 0.05) is 14.8 Å². The standard InChI is InChI=1S/C14H16ClNS/c1-3-16-14(13-8-7-10(2)17-13)11-5-4-6-12(15)9-11/h4-9,14,16H,3H2,1-2H3. The Hall–Kier alpha value is -0.830. The highest BCUT2D eigenvalue weighted by Gasteiger charge is 2.14. The molecular weight excluding hydrogens is 250 g/mol. The van der Waals surface area contributed by atoms with Crippen molar-refractivity contribution in [2.45, 2.75) is 19.9 Å². The molecule has 0 aliphatic heterocycles. The van der Waals surface area contributed by atoms with Crippen LogP contribution in [0.15, 0.2) is 36.4 Å². The maximum absolute atomic E-state index is 6.06. The van der Waals surface area contributed by atoms with E-state index >= 15 is 0 Å². The molecule has 1 aromatic carbocycles. The topological polar surface area (TPSA) is 12.0 Å². The van der Waals surface area contributed by atoms with Crippen LogP contribution in [0.4, 0.5) is 0 Å². The highest BCUT2D eigenvalue weighted by Crippen LogP contribution is 2.29. The highest BCUT2D eigenvalue weighted by molar-refractivity contribution is 7.12. The molecule has 3 heteroatoms. The number of benzene rings is 1. The van der Waals surface area contributed by atoms with Crippen molar-refractivity contribution in [1.82, 2.24) is 5.32 Å². The zero-order valence-corrected chi connectivity index (χ0v) is 11.6. The molecule has 90 valence electrons. The third kappa shape index (κ3) is 3.09. The minimum Gasteiger partial charge on any atom is -0.306 e. The van der Waals surface area contributed by atoms with E-state index < -0.39 is 0 Å². The summed E-state index contributed by atoms with van der Waals surface area (Å²) in [5, 5.41) is 4.30. The van der Waals surface area contributed by atoms with Crippen LogP contribution in [0.2, 0.25) is 5.02 Å². The summed E-state index contributed by atoms with van der Waals surface area (Å²) in [6.07, 6.45) is 0. The monoisotopic (exact) mass is 265 g/mol. The average molecular weight is 266 g/mol. The number of nitrogens with one attached hydrogen (secondary N) is 1. The normalized spacial score (nSPS) is 12.6. The molecule has 1 aromatic heterocycles. The molecular formula is C14H16ClNS. The van der Waals surface area contributed by atoms with Gasteiger partial charge in [0.25, 0.3) is 0 Å². The maximum atomic E-state index is 6.06. The van der Waals surface area contributed by atoms with Gasteiger partial charge in [-0.2, -0.15) is 0 Å². The number of halogens is 1. The summed E-state index contributed by atoms with van der Waals surface area (Å²) in [6, 6.07) is 12.7. The molecule has 1 N–H and O–H groups in total. The molecule has 0 aliphatic rings. The number of thiophene rings is 1. The van der Waals surface area contributed by atoms with E-state index in [2.05, 4.69) is 37.4 Å². The van der Waals surface area contributed by atoms with Crippen molar-refractivity contribution in [3.8, 4) is 0 Å². The molecule has 0 aliphatic carbocycles. The molecule has 0 saturated carbocycles. The predicted molar refractivity (Wildman–Crippen MR) is 76.0 cm³/mol. The SMILES string of the molecule is CCNC(c1cccc(Cl)c1)c1ccc(C)s1. The summed E-state index contributed by atoms with van der Waals surface area (Å²) < 4.78 is 0. The van der Waals surface area contributed by atoms with Crippen LogP contribution in [0.3, 0.4) is 0 Å². The van der Waals surface area contributed by atoms with Crippen molar-refractivity contribution in [2.75, 3.05) is 6.54 Å². The van der Waals surface area contributed by atoms with Gasteiger partial charge in [0.15, 0.2) is 0 Å². The fourth-order valence-corrected chi connectivity index (χ4v) is 3.06. The number of rotatable bonds is 4. The van der Waals surface area contributed by atoms with Gasteiger partial charge in [-0.05, 0) is 43.3 Å². The lowest BCUT2D eigenvalue weighted by atomic mass is 10.1. The Morgan fingerprint density at radius 2 is 2.12 bits per heavy atom. The molecule has 2 rings (SSSR count). The van der Waals surface area contributed by atoms with E-state index in [0.717, 1.165) is 11.6 Å². The van der Waals surface area contributed by atoms with E-state index in [-0.39, 0.29) is 6.04 Å². The van der Waals surface area contributed by atoms with Crippen molar-refractivity contribution in [3.05, 3.63) is 56.7 Å². The third-order valence-electron chi connectivity index (χ3n) is 2.64. The Kier molecular flexibility index (Phi) is 4.21. The molecule has 1 atom stereocenters. The molecule has 17 heavy (non-hydrogen) atoms. The van der Waals surface area contributed by atoms with Gasteiger partial charge in [0.05, 0.1) is 6.04 Å². The van der Waals surface area contributed by atoms with Crippen LogP contribution in [-0.4, -0.2) is 6.54 Å². The molecule has 0 bridgehead atoms. The quantitative estimate of drug-likeness (QED) is 0.864. The molecule has 0 spiro atoms. The summed E-state index contributed by atoms with van der Waals surface area (Å²) in [4.78, 5) is 2.68. The largest absolute Gasteiger partial charge is 0.306 e. The van der Waals surface area contributed by atoms with Gasteiger partial charge in [0.2, 0.25) is 0 Å². The van der Waals surface area contributed by atoms with Crippen LogP contribution < -0.4 is 5.32 Å². The van der Waals surface area contributed by atoms with Crippen LogP contribution in [0, 0.1) is 6.92 Å². The molecule has 1 heterocycles. The summed E-state index contributed by atoms with van der Waals surface area (Å²) in [6.45, 7) is 5.20. The number of aryl methyl sites for hydroxylation is 1.